The summed E-state index contributed by atoms with van der Waals surface area (Å²) in [6, 6.07) is 7.91. The Labute approximate surface area is 189 Å². The van der Waals surface area contributed by atoms with E-state index in [-0.39, 0.29) is 0 Å². The van der Waals surface area contributed by atoms with E-state index in [0.717, 1.165) is 50.0 Å². The van der Waals surface area contributed by atoms with Gasteiger partial charge in [0, 0.05) is 34.7 Å². The van der Waals surface area contributed by atoms with Gasteiger partial charge in [0.2, 0.25) is 0 Å². The zero-order chi connectivity index (χ0) is 22.6. The number of rotatable bonds is 4. The lowest BCUT2D eigenvalue weighted by Crippen LogP contribution is -2.28. The first kappa shape index (κ1) is 20.8. The van der Waals surface area contributed by atoms with E-state index in [9.17, 15) is 9.90 Å². The highest BCUT2D eigenvalue weighted by Crippen LogP contribution is 2.45. The van der Waals surface area contributed by atoms with E-state index in [1.807, 2.05) is 58.2 Å². The predicted molar refractivity (Wildman–Crippen MR) is 126 cm³/mol. The van der Waals surface area contributed by atoms with E-state index in [0.29, 0.717) is 12.2 Å². The maximum atomic E-state index is 12.4. The number of aryl methyl sites for hydroxylation is 1. The number of carbonyl (C=O) groups is 1. The van der Waals surface area contributed by atoms with Crippen LogP contribution in [0.15, 0.2) is 36.0 Å². The van der Waals surface area contributed by atoms with Gasteiger partial charge in [-0.05, 0) is 63.1 Å². The van der Waals surface area contributed by atoms with E-state index >= 15 is 0 Å². The lowest BCUT2D eigenvalue weighted by molar-refractivity contribution is -0.160. The molecule has 2 aromatic heterocycles. The Bertz CT molecular complexity index is 1360. The zero-order valence-corrected chi connectivity index (χ0v) is 19.2. The molecule has 7 heteroatoms. The minimum Gasteiger partial charge on any atom is -0.493 e. The molecule has 0 fully saturated rings. The van der Waals surface area contributed by atoms with Crippen LogP contribution in [0.4, 0.5) is 0 Å². The number of thiazole rings is 1. The van der Waals surface area contributed by atoms with Crippen LogP contribution in [-0.2, 0) is 16.0 Å². The molecule has 0 aliphatic carbocycles. The lowest BCUT2D eigenvalue weighted by atomic mass is 9.89. The molecule has 0 bridgehead atoms. The Morgan fingerprint density at radius 3 is 2.81 bits per heavy atom. The summed E-state index contributed by atoms with van der Waals surface area (Å²) in [5.74, 6) is -0.208. The van der Waals surface area contributed by atoms with Crippen LogP contribution in [0.3, 0.4) is 0 Å². The first-order valence-corrected chi connectivity index (χ1v) is 11.4. The Kier molecular flexibility index (Phi) is 4.91. The number of nitrogens with zero attached hydrogens (tertiary/aromatic N) is 2. The van der Waals surface area contributed by atoms with Crippen LogP contribution in [0, 0.1) is 6.92 Å². The van der Waals surface area contributed by atoms with Crippen molar-refractivity contribution < 1.29 is 19.4 Å². The second kappa shape index (κ2) is 7.53. The van der Waals surface area contributed by atoms with Crippen LogP contribution in [-0.4, -0.2) is 33.3 Å². The molecule has 3 heterocycles. The third-order valence-corrected chi connectivity index (χ3v) is 6.53. The molecule has 6 nitrogen and oxygen atoms in total. The van der Waals surface area contributed by atoms with Gasteiger partial charge in [0.05, 0.1) is 33.5 Å². The van der Waals surface area contributed by atoms with Crippen LogP contribution >= 0.6 is 11.3 Å². The van der Waals surface area contributed by atoms with Crippen molar-refractivity contribution >= 4 is 38.4 Å². The van der Waals surface area contributed by atoms with Crippen molar-refractivity contribution in [3.05, 3.63) is 52.7 Å². The molecule has 1 aliphatic heterocycles. The average Bonchev–Trinajstić information content (AvgIpc) is 3.19. The number of fused-ring (bicyclic) bond motifs is 1. The second-order valence-electron chi connectivity index (χ2n) is 9.03. The number of aromatic nitrogens is 2. The Hall–Kier alpha value is -3.03. The van der Waals surface area contributed by atoms with Gasteiger partial charge in [-0.25, -0.2) is 9.78 Å². The van der Waals surface area contributed by atoms with E-state index in [4.69, 9.17) is 14.5 Å². The monoisotopic (exact) mass is 448 g/mol. The number of carboxylic acid groups (broad SMARTS) is 1. The predicted octanol–water partition coefficient (Wildman–Crippen LogP) is 5.70. The first-order chi connectivity index (χ1) is 15.2. The Morgan fingerprint density at radius 2 is 2.06 bits per heavy atom. The van der Waals surface area contributed by atoms with Crippen molar-refractivity contribution in [1.29, 1.82) is 0 Å². The van der Waals surface area contributed by atoms with Crippen LogP contribution in [0.25, 0.3) is 32.2 Å². The number of hydrogen-bond acceptors (Lipinski definition) is 6. The molecule has 164 valence electrons. The van der Waals surface area contributed by atoms with E-state index in [1.165, 1.54) is 16.9 Å². The van der Waals surface area contributed by atoms with Crippen molar-refractivity contribution in [3.63, 3.8) is 0 Å². The maximum Gasteiger partial charge on any atom is 0.337 e. The van der Waals surface area contributed by atoms with Crippen molar-refractivity contribution in [2.24, 2.45) is 0 Å². The maximum absolute atomic E-state index is 12.4. The number of pyridine rings is 1. The number of carboxylic acids is 1. The van der Waals surface area contributed by atoms with Crippen molar-refractivity contribution in [2.75, 3.05) is 6.61 Å². The fourth-order valence-corrected chi connectivity index (χ4v) is 5.28. The molecular weight excluding hydrogens is 424 g/mol. The lowest BCUT2D eigenvalue weighted by Gasteiger charge is -2.28. The molecule has 5 rings (SSSR count). The quantitative estimate of drug-likeness (QED) is 0.432. The highest BCUT2D eigenvalue weighted by Gasteiger charge is 2.33. The van der Waals surface area contributed by atoms with Crippen molar-refractivity contribution in [2.45, 2.75) is 45.8 Å². The molecular formula is C25H24N2O4S. The summed E-state index contributed by atoms with van der Waals surface area (Å²) in [5, 5.41) is 11.2. The molecule has 4 aromatic rings. The summed E-state index contributed by atoms with van der Waals surface area (Å²) in [5.41, 5.74) is 7.14. The fraction of sp³-hybridized carbons (Fsp3) is 0.320. The van der Waals surface area contributed by atoms with Crippen LogP contribution < -0.4 is 4.74 Å². The fourth-order valence-electron chi connectivity index (χ4n) is 4.44. The Balaban J connectivity index is 1.88. The molecule has 1 N–H and O–H groups in total. The number of hydrogen-bond donors (Lipinski definition) is 1. The van der Waals surface area contributed by atoms with Gasteiger partial charge in [-0.2, -0.15) is 0 Å². The molecule has 0 saturated heterocycles. The van der Waals surface area contributed by atoms with E-state index < -0.39 is 17.7 Å². The van der Waals surface area contributed by atoms with Gasteiger partial charge < -0.3 is 14.6 Å². The summed E-state index contributed by atoms with van der Waals surface area (Å²) in [6.45, 7) is 8.15. The van der Waals surface area contributed by atoms with Gasteiger partial charge in [0.1, 0.15) is 5.75 Å². The molecule has 32 heavy (non-hydrogen) atoms. The molecule has 1 aliphatic rings. The topological polar surface area (TPSA) is 81.5 Å². The van der Waals surface area contributed by atoms with Gasteiger partial charge in [0.25, 0.3) is 0 Å². The minimum absolute atomic E-state index is 0.637. The van der Waals surface area contributed by atoms with Gasteiger partial charge >= 0.3 is 5.97 Å². The van der Waals surface area contributed by atoms with Gasteiger partial charge in [-0.3, -0.25) is 4.98 Å². The van der Waals surface area contributed by atoms with Gasteiger partial charge in [-0.15, -0.1) is 11.3 Å². The summed E-state index contributed by atoms with van der Waals surface area (Å²) < 4.78 is 12.9. The van der Waals surface area contributed by atoms with Gasteiger partial charge in [0.15, 0.2) is 6.10 Å². The van der Waals surface area contributed by atoms with Crippen LogP contribution in [0.5, 0.6) is 5.75 Å². The summed E-state index contributed by atoms with van der Waals surface area (Å²) >= 11 is 1.50. The molecule has 1 atom stereocenters. The standard InChI is InChI=1S/C25H24N2O4S/c1-13-11-16-23(32-12-27-16)20(18(13)22(24(28)29)31-25(2,3)4)15-5-6-17-19-14(8-10-30-17)7-9-26-21(15)19/h5-7,9,11-12,22H,8,10H2,1-4H3,(H,28,29). The van der Waals surface area contributed by atoms with Crippen molar-refractivity contribution in [1.82, 2.24) is 9.97 Å². The zero-order valence-electron chi connectivity index (χ0n) is 18.4. The highest BCUT2D eigenvalue weighted by molar-refractivity contribution is 7.17. The number of ether oxygens (including phenoxy) is 2. The normalized spacial score (nSPS) is 14.5. The minimum atomic E-state index is -1.13. The third-order valence-electron chi connectivity index (χ3n) is 5.67. The van der Waals surface area contributed by atoms with Crippen LogP contribution in [0.2, 0.25) is 0 Å². The molecule has 0 radical (unpaired) electrons. The third kappa shape index (κ3) is 3.42. The smallest absolute Gasteiger partial charge is 0.337 e. The largest absolute Gasteiger partial charge is 0.493 e. The molecule has 1 unspecified atom stereocenters. The second-order valence-corrected chi connectivity index (χ2v) is 9.89. The van der Waals surface area contributed by atoms with E-state index in [2.05, 4.69) is 4.98 Å². The number of aliphatic carboxylic acids is 1. The summed E-state index contributed by atoms with van der Waals surface area (Å²) in [6.07, 6.45) is 1.51. The highest BCUT2D eigenvalue weighted by atomic mass is 32.1. The van der Waals surface area contributed by atoms with Crippen LogP contribution in [0.1, 0.15) is 43.6 Å². The van der Waals surface area contributed by atoms with E-state index in [1.54, 1.807) is 5.51 Å². The molecule has 0 saturated carbocycles. The number of benzene rings is 2. The van der Waals surface area contributed by atoms with Gasteiger partial charge in [-0.1, -0.05) is 0 Å². The average molecular weight is 449 g/mol. The Morgan fingerprint density at radius 1 is 1.25 bits per heavy atom. The molecule has 0 amide bonds. The summed E-state index contributed by atoms with van der Waals surface area (Å²) in [4.78, 5) is 21.7. The summed E-state index contributed by atoms with van der Waals surface area (Å²) in [7, 11) is 0. The first-order valence-electron chi connectivity index (χ1n) is 10.6. The SMILES string of the molecule is Cc1cc2ncsc2c(-c2ccc3c4c(ccnc24)CCO3)c1C(OC(C)(C)C)C(=O)O. The molecule has 2 aromatic carbocycles. The van der Waals surface area contributed by atoms with Crippen molar-refractivity contribution in [3.8, 4) is 16.9 Å². The molecule has 0 spiro atoms.